The fraction of sp³-hybridized carbons (Fsp3) is 0.250. The first kappa shape index (κ1) is 10.7. The molecular weight excluding hydrogens is 176 g/mol. The molecule has 1 atom stereocenters. The maximum Gasteiger partial charge on any atom is 0.142 e. The van der Waals surface area contributed by atoms with Crippen LogP contribution < -0.4 is 0 Å². The number of hydrogen-bond donors (Lipinski definition) is 1. The van der Waals surface area contributed by atoms with Crippen molar-refractivity contribution in [2.45, 2.75) is 19.4 Å². The third kappa shape index (κ3) is 3.15. The molecule has 0 saturated carbocycles. The molecule has 2 heteroatoms. The number of aldehydes is 1. The van der Waals surface area contributed by atoms with Gasteiger partial charge in [0.25, 0.3) is 0 Å². The molecule has 1 N–H and O–H groups in total. The van der Waals surface area contributed by atoms with E-state index in [0.29, 0.717) is 6.42 Å². The van der Waals surface area contributed by atoms with Crippen LogP contribution in [0.1, 0.15) is 25.0 Å². The zero-order valence-corrected chi connectivity index (χ0v) is 8.18. The van der Waals surface area contributed by atoms with Crippen LogP contribution >= 0.6 is 0 Å². The van der Waals surface area contributed by atoms with Crippen molar-refractivity contribution >= 4 is 6.29 Å². The van der Waals surface area contributed by atoms with Crippen LogP contribution in [0.15, 0.2) is 42.0 Å². The smallest absolute Gasteiger partial charge is 0.142 e. The number of carbonyl (C=O) groups is 1. The van der Waals surface area contributed by atoms with Crippen molar-refractivity contribution in [2.75, 3.05) is 0 Å². The van der Waals surface area contributed by atoms with Gasteiger partial charge in [0.05, 0.1) is 6.10 Å². The Morgan fingerprint density at radius 1 is 1.43 bits per heavy atom. The third-order valence-electron chi connectivity index (χ3n) is 2.05. The van der Waals surface area contributed by atoms with Crippen molar-refractivity contribution in [1.82, 2.24) is 0 Å². The highest BCUT2D eigenvalue weighted by Gasteiger charge is 2.06. The second kappa shape index (κ2) is 5.35. The first-order valence-electron chi connectivity index (χ1n) is 4.58. The van der Waals surface area contributed by atoms with Crippen molar-refractivity contribution in [1.29, 1.82) is 0 Å². The van der Waals surface area contributed by atoms with E-state index in [0.717, 1.165) is 17.4 Å². The Morgan fingerprint density at radius 3 is 2.64 bits per heavy atom. The minimum absolute atomic E-state index is 0.503. The molecule has 0 spiro atoms. The van der Waals surface area contributed by atoms with Crippen LogP contribution in [0.3, 0.4) is 0 Å². The molecule has 0 heterocycles. The van der Waals surface area contributed by atoms with Crippen molar-refractivity contribution in [3.05, 3.63) is 47.5 Å². The van der Waals surface area contributed by atoms with Crippen LogP contribution in [-0.4, -0.2) is 11.4 Å². The van der Waals surface area contributed by atoms with Gasteiger partial charge in [0.15, 0.2) is 0 Å². The first-order valence-corrected chi connectivity index (χ1v) is 4.58. The highest BCUT2D eigenvalue weighted by atomic mass is 16.3. The number of benzene rings is 1. The van der Waals surface area contributed by atoms with Gasteiger partial charge >= 0.3 is 0 Å². The lowest BCUT2D eigenvalue weighted by atomic mass is 10.0. The first-order chi connectivity index (χ1) is 6.74. The zero-order chi connectivity index (χ0) is 10.4. The van der Waals surface area contributed by atoms with E-state index >= 15 is 0 Å². The Hall–Kier alpha value is -1.41. The van der Waals surface area contributed by atoms with Gasteiger partial charge in [-0.3, -0.25) is 4.79 Å². The van der Waals surface area contributed by atoms with Crippen LogP contribution in [0.4, 0.5) is 0 Å². The molecule has 1 aromatic rings. The second-order valence-electron chi connectivity index (χ2n) is 3.28. The largest absolute Gasteiger partial charge is 0.388 e. The number of allylic oxidation sites excluding steroid dienone is 1. The Balaban J connectivity index is 2.63. The average Bonchev–Trinajstić information content (AvgIpc) is 2.19. The van der Waals surface area contributed by atoms with E-state index in [-0.39, 0.29) is 0 Å². The van der Waals surface area contributed by atoms with Gasteiger partial charge in [0.2, 0.25) is 0 Å². The summed E-state index contributed by atoms with van der Waals surface area (Å²) in [6.45, 7) is 1.83. The Bertz CT molecular complexity index is 314. The van der Waals surface area contributed by atoms with E-state index in [4.69, 9.17) is 0 Å². The molecule has 0 aliphatic carbocycles. The molecule has 0 amide bonds. The maximum absolute atomic E-state index is 10.2. The Kier molecular flexibility index (Phi) is 4.08. The van der Waals surface area contributed by atoms with Gasteiger partial charge in [-0.2, -0.15) is 0 Å². The topological polar surface area (TPSA) is 37.3 Å². The summed E-state index contributed by atoms with van der Waals surface area (Å²) in [5.74, 6) is 0. The van der Waals surface area contributed by atoms with Gasteiger partial charge in [0, 0.05) is 0 Å². The molecule has 0 aromatic heterocycles. The van der Waals surface area contributed by atoms with Crippen molar-refractivity contribution < 1.29 is 9.90 Å². The quantitative estimate of drug-likeness (QED) is 0.584. The van der Waals surface area contributed by atoms with Gasteiger partial charge in [-0.1, -0.05) is 35.9 Å². The normalized spacial score (nSPS) is 13.7. The fourth-order valence-electron chi connectivity index (χ4n) is 1.28. The van der Waals surface area contributed by atoms with E-state index in [2.05, 4.69) is 0 Å². The summed E-state index contributed by atoms with van der Waals surface area (Å²) >= 11 is 0. The lowest BCUT2D eigenvalue weighted by Crippen LogP contribution is -1.97. The van der Waals surface area contributed by atoms with Crippen LogP contribution in [0.25, 0.3) is 0 Å². The molecule has 1 rings (SSSR count). The number of carbonyl (C=O) groups excluding carboxylic acids is 1. The standard InChI is InChI=1S/C12H14O2/c1-10(7-8-13)9-12(14)11-5-3-2-4-6-11/h2-8,12,14H,9H2,1H3/b10-7+. The summed E-state index contributed by atoms with van der Waals surface area (Å²) in [7, 11) is 0. The summed E-state index contributed by atoms with van der Waals surface area (Å²) in [4.78, 5) is 10.2. The lowest BCUT2D eigenvalue weighted by molar-refractivity contribution is -0.104. The van der Waals surface area contributed by atoms with Crippen LogP contribution in [0.5, 0.6) is 0 Å². The molecule has 0 aliphatic rings. The van der Waals surface area contributed by atoms with Gasteiger partial charge in [-0.25, -0.2) is 0 Å². The summed E-state index contributed by atoms with van der Waals surface area (Å²) in [5, 5.41) is 9.76. The predicted molar refractivity (Wildman–Crippen MR) is 55.8 cm³/mol. The van der Waals surface area contributed by atoms with E-state index in [1.54, 1.807) is 0 Å². The lowest BCUT2D eigenvalue weighted by Gasteiger charge is -2.10. The van der Waals surface area contributed by atoms with Crippen LogP contribution in [0.2, 0.25) is 0 Å². The van der Waals surface area contributed by atoms with Crippen LogP contribution in [-0.2, 0) is 4.79 Å². The number of aliphatic hydroxyl groups is 1. The molecule has 0 saturated heterocycles. The van der Waals surface area contributed by atoms with Crippen molar-refractivity contribution in [3.8, 4) is 0 Å². The molecule has 14 heavy (non-hydrogen) atoms. The number of hydrogen-bond acceptors (Lipinski definition) is 2. The van der Waals surface area contributed by atoms with E-state index in [1.807, 2.05) is 37.3 Å². The summed E-state index contributed by atoms with van der Waals surface area (Å²) < 4.78 is 0. The zero-order valence-electron chi connectivity index (χ0n) is 8.18. The van der Waals surface area contributed by atoms with E-state index in [9.17, 15) is 9.90 Å². The number of aliphatic hydroxyl groups excluding tert-OH is 1. The highest BCUT2D eigenvalue weighted by Crippen LogP contribution is 2.19. The van der Waals surface area contributed by atoms with Gasteiger partial charge in [-0.15, -0.1) is 0 Å². The van der Waals surface area contributed by atoms with Gasteiger partial charge in [0.1, 0.15) is 6.29 Å². The third-order valence-corrected chi connectivity index (χ3v) is 2.05. The summed E-state index contributed by atoms with van der Waals surface area (Å²) in [5.41, 5.74) is 1.77. The number of rotatable bonds is 4. The molecule has 0 bridgehead atoms. The average molecular weight is 190 g/mol. The van der Waals surface area contributed by atoms with Crippen molar-refractivity contribution in [3.63, 3.8) is 0 Å². The SMILES string of the molecule is C/C(=C\C=O)CC(O)c1ccccc1. The van der Waals surface area contributed by atoms with Gasteiger partial charge < -0.3 is 5.11 Å². The molecule has 1 aromatic carbocycles. The highest BCUT2D eigenvalue weighted by molar-refractivity contribution is 5.65. The van der Waals surface area contributed by atoms with E-state index < -0.39 is 6.10 Å². The maximum atomic E-state index is 10.2. The molecule has 1 unspecified atom stereocenters. The summed E-state index contributed by atoms with van der Waals surface area (Å²) in [6.07, 6.45) is 2.20. The molecule has 0 aliphatic heterocycles. The Labute approximate surface area is 83.9 Å². The summed E-state index contributed by atoms with van der Waals surface area (Å²) in [6, 6.07) is 9.43. The molecule has 0 fully saturated rings. The minimum atomic E-state index is -0.521. The molecule has 74 valence electrons. The monoisotopic (exact) mass is 190 g/mol. The predicted octanol–water partition coefficient (Wildman–Crippen LogP) is 2.26. The van der Waals surface area contributed by atoms with E-state index in [1.165, 1.54) is 6.08 Å². The minimum Gasteiger partial charge on any atom is -0.388 e. The fourth-order valence-corrected chi connectivity index (χ4v) is 1.28. The molecular formula is C12H14O2. The molecule has 0 radical (unpaired) electrons. The van der Waals surface area contributed by atoms with Gasteiger partial charge in [-0.05, 0) is 25.0 Å². The van der Waals surface area contributed by atoms with Crippen LogP contribution in [0, 0.1) is 0 Å². The van der Waals surface area contributed by atoms with Crippen molar-refractivity contribution in [2.24, 2.45) is 0 Å². The second-order valence-corrected chi connectivity index (χ2v) is 3.28. The molecule has 2 nitrogen and oxygen atoms in total. The Morgan fingerprint density at radius 2 is 2.07 bits per heavy atom.